The van der Waals surface area contributed by atoms with E-state index in [2.05, 4.69) is 58.5 Å². The molecule has 1 aliphatic rings. The van der Waals surface area contributed by atoms with Crippen molar-refractivity contribution in [2.45, 2.75) is 258 Å². The number of phenols is 1. The third-order valence-corrected chi connectivity index (χ3v) is 13.5. The van der Waals surface area contributed by atoms with Crippen molar-refractivity contribution in [3.63, 3.8) is 0 Å². The molecule has 98 heavy (non-hydrogen) atoms. The van der Waals surface area contributed by atoms with Crippen molar-refractivity contribution >= 4 is 66.1 Å². The highest BCUT2D eigenvalue weighted by atomic mass is 16.6. The van der Waals surface area contributed by atoms with Gasteiger partial charge in [0.1, 0.15) is 69.6 Å². The summed E-state index contributed by atoms with van der Waals surface area (Å²) >= 11 is 0. The molecule has 4 bridgehead atoms. The predicted molar refractivity (Wildman–Crippen MR) is 363 cm³/mol. The highest BCUT2D eigenvalue weighted by Crippen LogP contribution is 2.29. The van der Waals surface area contributed by atoms with Crippen molar-refractivity contribution in [3.05, 3.63) is 53.6 Å². The van der Waals surface area contributed by atoms with E-state index in [-0.39, 0.29) is 82.4 Å². The van der Waals surface area contributed by atoms with Crippen molar-refractivity contribution in [1.29, 1.82) is 0 Å². The smallest absolute Gasteiger partial charge is 0.408 e. The van der Waals surface area contributed by atoms with Crippen LogP contribution < -0.4 is 58.5 Å². The van der Waals surface area contributed by atoms with E-state index >= 15 is 0 Å². The predicted octanol–water partition coefficient (Wildman–Crippen LogP) is 6.19. The maximum absolute atomic E-state index is 14.6. The molecule has 30 nitrogen and oxygen atoms in total. The summed E-state index contributed by atoms with van der Waals surface area (Å²) < 4.78 is 32.5. The number of hydrogen-bond acceptors (Lipinski definition) is 19. The van der Waals surface area contributed by atoms with Gasteiger partial charge in [-0.2, -0.15) is 0 Å². The molecule has 0 fully saturated rings. The molecule has 0 aliphatic carbocycles. The maximum atomic E-state index is 14.6. The number of amides is 11. The number of hydrogen-bond donors (Lipinski definition) is 13. The minimum atomic E-state index is -1.64. The van der Waals surface area contributed by atoms with Crippen LogP contribution in [0.4, 0.5) is 28.8 Å². The third kappa shape index (κ3) is 35.4. The lowest BCUT2D eigenvalue weighted by Crippen LogP contribution is -2.58. The summed E-state index contributed by atoms with van der Waals surface area (Å²) in [7, 11) is 0. The molecule has 1 aliphatic heterocycles. The van der Waals surface area contributed by atoms with Gasteiger partial charge in [0, 0.05) is 58.0 Å². The molecule has 1 heterocycles. The number of nitrogens with one attached hydrogen (secondary N) is 11. The largest absolute Gasteiger partial charge is 0.508 e. The first-order chi connectivity index (χ1) is 45.1. The molecule has 0 radical (unpaired) electrons. The second kappa shape index (κ2) is 37.2. The van der Waals surface area contributed by atoms with E-state index in [4.69, 9.17) is 28.4 Å². The van der Waals surface area contributed by atoms with Gasteiger partial charge in [-0.25, -0.2) is 28.8 Å². The highest BCUT2D eigenvalue weighted by Gasteiger charge is 2.35. The molecule has 0 aromatic heterocycles. The quantitative estimate of drug-likeness (QED) is 0.0389. The monoisotopic (exact) mass is 1380 g/mol. The molecule has 7 atom stereocenters. The maximum Gasteiger partial charge on any atom is 0.408 e. The second-order valence-electron chi connectivity index (χ2n) is 30.0. The van der Waals surface area contributed by atoms with Crippen molar-refractivity contribution in [3.8, 4) is 16.9 Å². The van der Waals surface area contributed by atoms with Gasteiger partial charge in [0.25, 0.3) is 0 Å². The number of benzene rings is 2. The number of fused-ring (bicyclic) bond motifs is 5. The topological polar surface area (TPSA) is 416 Å². The van der Waals surface area contributed by atoms with E-state index in [1.807, 2.05) is 0 Å². The Balaban J connectivity index is 1.90. The fourth-order valence-electron chi connectivity index (χ4n) is 9.40. The van der Waals surface area contributed by atoms with E-state index in [1.165, 1.54) is 6.07 Å². The van der Waals surface area contributed by atoms with Crippen LogP contribution in [0.3, 0.4) is 0 Å². The number of aliphatic hydroxyl groups excluding tert-OH is 1. The van der Waals surface area contributed by atoms with Crippen molar-refractivity contribution in [2.24, 2.45) is 0 Å². The molecule has 2 aromatic rings. The summed E-state index contributed by atoms with van der Waals surface area (Å²) in [5.74, 6) is -4.15. The van der Waals surface area contributed by atoms with Crippen LogP contribution in [-0.4, -0.2) is 185 Å². The molecule has 30 heteroatoms. The summed E-state index contributed by atoms with van der Waals surface area (Å²) in [5.41, 5.74) is -3.37. The Morgan fingerprint density at radius 3 is 1.49 bits per heavy atom. The molecule has 0 saturated heterocycles. The molecule has 0 unspecified atom stereocenters. The van der Waals surface area contributed by atoms with Crippen LogP contribution in [0.1, 0.15) is 181 Å². The number of ether oxygens (including phenoxy) is 6. The number of alkyl carbamates (subject to hydrolysis) is 6. The second-order valence-corrected chi connectivity index (χ2v) is 30.0. The fraction of sp³-hybridized carbons (Fsp3) is 0.662. The Labute approximate surface area is 575 Å². The minimum absolute atomic E-state index is 0.0455. The number of phenolic OH excluding ortho intramolecular Hbond substituents is 1. The van der Waals surface area contributed by atoms with Gasteiger partial charge < -0.3 is 97.1 Å². The summed E-state index contributed by atoms with van der Waals surface area (Å²) in [6, 6.07) is 4.00. The van der Waals surface area contributed by atoms with E-state index in [9.17, 15) is 63.0 Å². The number of rotatable bonds is 25. The molecule has 3 rings (SSSR count). The van der Waals surface area contributed by atoms with Crippen LogP contribution in [0.25, 0.3) is 11.1 Å². The van der Waals surface area contributed by atoms with Gasteiger partial charge in [-0.05, 0) is 198 Å². The minimum Gasteiger partial charge on any atom is -0.508 e. The zero-order chi connectivity index (χ0) is 74.1. The zero-order valence-electron chi connectivity index (χ0n) is 60.3. The Bertz CT molecular complexity index is 3050. The van der Waals surface area contributed by atoms with Crippen molar-refractivity contribution < 1.29 is 91.4 Å². The van der Waals surface area contributed by atoms with Gasteiger partial charge in [0.05, 0.1) is 6.10 Å². The first-order valence-electron chi connectivity index (χ1n) is 33.1. The van der Waals surface area contributed by atoms with E-state index in [1.54, 1.807) is 161 Å². The third-order valence-electron chi connectivity index (χ3n) is 13.5. The van der Waals surface area contributed by atoms with Gasteiger partial charge in [0.15, 0.2) is 0 Å². The number of carbonyl (C=O) groups is 11. The lowest BCUT2D eigenvalue weighted by molar-refractivity contribution is -0.133. The summed E-state index contributed by atoms with van der Waals surface area (Å²) in [6.07, 6.45) is -6.93. The summed E-state index contributed by atoms with van der Waals surface area (Å²) in [6.45, 7) is 29.3. The van der Waals surface area contributed by atoms with Gasteiger partial charge >= 0.3 is 36.6 Å². The Hall–Kier alpha value is -8.83. The molecule has 0 spiro atoms. The highest BCUT2D eigenvalue weighted by molar-refractivity contribution is 5.94. The lowest BCUT2D eigenvalue weighted by Gasteiger charge is -2.28. The Kier molecular flexibility index (Phi) is 31.7. The summed E-state index contributed by atoms with van der Waals surface area (Å²) in [4.78, 5) is 149. The lowest BCUT2D eigenvalue weighted by atomic mass is 9.96. The van der Waals surface area contributed by atoms with Gasteiger partial charge in [-0.15, -0.1) is 0 Å². The average Bonchev–Trinajstić information content (AvgIpc) is 1.12. The fourth-order valence-corrected chi connectivity index (χ4v) is 9.40. The average molecular weight is 1380 g/mol. The van der Waals surface area contributed by atoms with Crippen LogP contribution in [0.5, 0.6) is 5.75 Å². The first kappa shape index (κ1) is 83.4. The Morgan fingerprint density at radius 1 is 0.490 bits per heavy atom. The Morgan fingerprint density at radius 2 is 0.949 bits per heavy atom. The van der Waals surface area contributed by atoms with Crippen LogP contribution in [0.15, 0.2) is 42.5 Å². The van der Waals surface area contributed by atoms with Gasteiger partial charge in [-0.1, -0.05) is 30.3 Å². The number of aliphatic hydroxyl groups is 1. The molecular weight excluding hydrogens is 1270 g/mol. The van der Waals surface area contributed by atoms with Crippen molar-refractivity contribution in [2.75, 3.05) is 32.7 Å². The summed E-state index contributed by atoms with van der Waals surface area (Å²) in [5, 5.41) is 51.6. The van der Waals surface area contributed by atoms with Crippen LogP contribution in [-0.2, 0) is 65.2 Å². The van der Waals surface area contributed by atoms with Crippen LogP contribution >= 0.6 is 0 Å². The number of carbonyl (C=O) groups excluding carboxylic acids is 11. The van der Waals surface area contributed by atoms with Gasteiger partial charge in [0.2, 0.25) is 29.5 Å². The van der Waals surface area contributed by atoms with E-state index in [0.29, 0.717) is 23.1 Å². The molecular formula is C68H109N11O19. The molecule has 550 valence electrons. The normalized spacial score (nSPS) is 16.7. The zero-order valence-corrected chi connectivity index (χ0v) is 60.3. The standard InChI is InChI=1S/C68H109N11O19/c1-63(2,3)93-57(87)71-32-20-25-44(74-59(89)95-65(7,8)9)38-72-53(83)47(78-61(91)97-67(13,14)15)27-22-30-69-52(82)46(77-60(90)96-66(10,11)12)26-21-31-70-54(84)48-34-40-23-19-24-41(33-40)42-28-29-51(81)43(35-42)36-49(79-62(92)98-68(16,17)18)55(85)76-50(56(86)75-48)37-45(80)39-73-58(88)94-64(4,5)6/h19,23-24,28-29,33,35,44-50,80-81H,20-22,25-27,30-32,34,36-39H2,1-18H3,(H,69,82)(H,70,84)(H,71,87)(H,72,83)(H,73,88)(H,74,89)(H,75,86)(H,76,85)(H,77,90)(H,78,91)(H,79,92)/t44-,45+,46-,47-,48-,49-,50-/m0/s1. The van der Waals surface area contributed by atoms with Crippen molar-refractivity contribution in [1.82, 2.24) is 58.5 Å². The van der Waals surface area contributed by atoms with E-state index < -0.39 is 155 Å². The molecule has 2 aromatic carbocycles. The SMILES string of the molecule is CC(C)(C)OC(=O)NCCC[C@@H](CNC(=O)[C@H](CCCNC(=O)[C@H](CCCNC(=O)[C@@H]1Cc2cccc(c2)-c2ccc(O)c(c2)C[C@H](NC(=O)OC(C)(C)C)C(=O)N[C@@H](C[C@@H](O)CNC(=O)OC(C)(C)C)C(=O)N1)NC(=O)OC(C)(C)C)NC(=O)OC(C)(C)C)NC(=O)OC(C)(C)C. The van der Waals surface area contributed by atoms with Gasteiger partial charge in [-0.3, -0.25) is 24.0 Å². The van der Waals surface area contributed by atoms with Crippen LogP contribution in [0, 0.1) is 0 Å². The van der Waals surface area contributed by atoms with Crippen LogP contribution in [0.2, 0.25) is 0 Å². The first-order valence-corrected chi connectivity index (χ1v) is 33.1. The molecule has 13 N–H and O–H groups in total. The number of aromatic hydroxyl groups is 1. The molecule has 11 amide bonds. The molecule has 0 saturated carbocycles. The van der Waals surface area contributed by atoms with E-state index in [0.717, 1.165) is 0 Å².